The van der Waals surface area contributed by atoms with Crippen LogP contribution in [0.2, 0.25) is 5.02 Å². The van der Waals surface area contributed by atoms with Crippen LogP contribution in [-0.2, 0) is 24.8 Å². The normalized spacial score (nSPS) is 12.0. The minimum atomic E-state index is -3.98. The van der Waals surface area contributed by atoms with Crippen molar-refractivity contribution in [2.45, 2.75) is 23.6 Å². The summed E-state index contributed by atoms with van der Waals surface area (Å²) in [6.07, 6.45) is 0. The molecule has 30 heavy (non-hydrogen) atoms. The second kappa shape index (κ2) is 9.75. The van der Waals surface area contributed by atoms with Crippen LogP contribution in [0.4, 0.5) is 5.69 Å². The molecule has 0 aliphatic carbocycles. The molecular weight excluding hydrogens is 454 g/mol. The van der Waals surface area contributed by atoms with Crippen LogP contribution in [0, 0.1) is 0 Å². The number of hydrogen-bond acceptors (Lipinski definition) is 6. The maximum Gasteiger partial charge on any atom is 0.243 e. The van der Waals surface area contributed by atoms with E-state index in [1.807, 2.05) is 0 Å². The molecule has 0 saturated heterocycles. The van der Waals surface area contributed by atoms with Gasteiger partial charge in [0.25, 0.3) is 0 Å². The first-order chi connectivity index (χ1) is 14.0. The maximum absolute atomic E-state index is 12.9. The molecule has 164 valence electrons. The van der Waals surface area contributed by atoms with E-state index in [1.54, 1.807) is 13.8 Å². The smallest absolute Gasteiger partial charge is 0.243 e. The van der Waals surface area contributed by atoms with Crippen molar-refractivity contribution in [3.8, 4) is 5.75 Å². The molecule has 0 fully saturated rings. The Hall–Kier alpha value is -2.18. The monoisotopic (exact) mass is 475 g/mol. The van der Waals surface area contributed by atoms with Crippen LogP contribution in [0.15, 0.2) is 52.3 Å². The quantitative estimate of drug-likeness (QED) is 0.569. The van der Waals surface area contributed by atoms with Crippen molar-refractivity contribution in [3.05, 3.63) is 47.5 Å². The molecule has 0 heterocycles. The first kappa shape index (κ1) is 24.1. The molecule has 2 aromatic carbocycles. The van der Waals surface area contributed by atoms with E-state index in [-0.39, 0.29) is 21.4 Å². The van der Waals surface area contributed by atoms with Gasteiger partial charge in [0.1, 0.15) is 5.75 Å². The standard InChI is InChI=1S/C18H22ClN3O6S2/c1-3-22(30(26,27)15-9-10-17(28-4-2)16(19)11-15)12-18(23)21-13-5-7-14(8-6-13)29(20,24)25/h5-11H,3-4,12H2,1-2H3,(H,21,23)(H2,20,24,25). The number of nitrogens with two attached hydrogens (primary N) is 1. The highest BCUT2D eigenvalue weighted by Crippen LogP contribution is 2.28. The third-order valence-electron chi connectivity index (χ3n) is 3.98. The maximum atomic E-state index is 12.9. The van der Waals surface area contributed by atoms with E-state index in [0.29, 0.717) is 18.0 Å². The molecule has 12 heteroatoms. The van der Waals surface area contributed by atoms with Gasteiger partial charge in [0.2, 0.25) is 26.0 Å². The number of rotatable bonds is 9. The lowest BCUT2D eigenvalue weighted by Gasteiger charge is -2.20. The Morgan fingerprint density at radius 2 is 1.67 bits per heavy atom. The number of sulfonamides is 2. The number of carbonyl (C=O) groups is 1. The van der Waals surface area contributed by atoms with E-state index in [2.05, 4.69) is 5.32 Å². The Balaban J connectivity index is 2.15. The molecule has 0 saturated carbocycles. The van der Waals surface area contributed by atoms with Gasteiger partial charge in [-0.15, -0.1) is 0 Å². The van der Waals surface area contributed by atoms with Crippen molar-refractivity contribution in [2.24, 2.45) is 5.14 Å². The number of carbonyl (C=O) groups excluding carboxylic acids is 1. The molecule has 0 aliphatic heterocycles. The van der Waals surface area contributed by atoms with Gasteiger partial charge < -0.3 is 10.1 Å². The molecule has 0 bridgehead atoms. The third kappa shape index (κ3) is 5.92. The van der Waals surface area contributed by atoms with Crippen molar-refractivity contribution in [2.75, 3.05) is 25.0 Å². The van der Waals surface area contributed by atoms with Gasteiger partial charge in [-0.3, -0.25) is 4.79 Å². The van der Waals surface area contributed by atoms with Crippen molar-refractivity contribution in [1.82, 2.24) is 4.31 Å². The second-order valence-corrected chi connectivity index (χ2v) is 9.98. The van der Waals surface area contributed by atoms with Crippen LogP contribution in [-0.4, -0.2) is 46.7 Å². The van der Waals surface area contributed by atoms with E-state index in [9.17, 15) is 21.6 Å². The van der Waals surface area contributed by atoms with Gasteiger partial charge in [0, 0.05) is 12.2 Å². The van der Waals surface area contributed by atoms with Crippen LogP contribution in [0.5, 0.6) is 5.75 Å². The van der Waals surface area contributed by atoms with Crippen LogP contribution in [0.25, 0.3) is 0 Å². The summed E-state index contributed by atoms with van der Waals surface area (Å²) in [4.78, 5) is 12.2. The number of primary sulfonamides is 1. The summed E-state index contributed by atoms with van der Waals surface area (Å²) in [5, 5.41) is 7.69. The second-order valence-electron chi connectivity index (χ2n) is 6.07. The summed E-state index contributed by atoms with van der Waals surface area (Å²) >= 11 is 6.08. The Morgan fingerprint density at radius 1 is 1.07 bits per heavy atom. The molecule has 0 aromatic heterocycles. The van der Waals surface area contributed by atoms with E-state index in [1.165, 1.54) is 42.5 Å². The number of nitrogens with one attached hydrogen (secondary N) is 1. The number of likely N-dealkylation sites (N-methyl/N-ethyl adjacent to an activating group) is 1. The molecule has 0 spiro atoms. The van der Waals surface area contributed by atoms with Crippen LogP contribution < -0.4 is 15.2 Å². The SMILES string of the molecule is CCOc1ccc(S(=O)(=O)N(CC)CC(=O)Nc2ccc(S(N)(=O)=O)cc2)cc1Cl. The lowest BCUT2D eigenvalue weighted by atomic mass is 10.3. The van der Waals surface area contributed by atoms with Gasteiger partial charge in [-0.05, 0) is 49.4 Å². The Morgan fingerprint density at radius 3 is 2.17 bits per heavy atom. The van der Waals surface area contributed by atoms with Crippen LogP contribution in [0.1, 0.15) is 13.8 Å². The van der Waals surface area contributed by atoms with Gasteiger partial charge in [0.05, 0.1) is 28.0 Å². The highest BCUT2D eigenvalue weighted by Gasteiger charge is 2.26. The highest BCUT2D eigenvalue weighted by atomic mass is 35.5. The minimum Gasteiger partial charge on any atom is -0.492 e. The van der Waals surface area contributed by atoms with Gasteiger partial charge in [-0.1, -0.05) is 18.5 Å². The predicted octanol–water partition coefficient (Wildman–Crippen LogP) is 2.04. The molecule has 0 aliphatic rings. The van der Waals surface area contributed by atoms with Crippen LogP contribution >= 0.6 is 11.6 Å². The van der Waals surface area contributed by atoms with E-state index >= 15 is 0 Å². The number of benzene rings is 2. The van der Waals surface area contributed by atoms with Crippen LogP contribution in [0.3, 0.4) is 0 Å². The molecule has 9 nitrogen and oxygen atoms in total. The fraction of sp³-hybridized carbons (Fsp3) is 0.278. The fourth-order valence-electron chi connectivity index (χ4n) is 2.52. The molecule has 0 radical (unpaired) electrons. The summed E-state index contributed by atoms with van der Waals surface area (Å²) in [5.41, 5.74) is 0.296. The molecule has 0 unspecified atom stereocenters. The van der Waals surface area contributed by atoms with Crippen molar-refractivity contribution in [3.63, 3.8) is 0 Å². The lowest BCUT2D eigenvalue weighted by Crippen LogP contribution is -2.37. The van der Waals surface area contributed by atoms with Crippen molar-refractivity contribution in [1.29, 1.82) is 0 Å². The summed E-state index contributed by atoms with van der Waals surface area (Å²) in [7, 11) is -7.83. The van der Waals surface area contributed by atoms with E-state index in [4.69, 9.17) is 21.5 Å². The number of hydrogen-bond donors (Lipinski definition) is 2. The summed E-state index contributed by atoms with van der Waals surface area (Å²) in [6, 6.07) is 9.28. The fourth-order valence-corrected chi connectivity index (χ4v) is 4.77. The topological polar surface area (TPSA) is 136 Å². The van der Waals surface area contributed by atoms with Gasteiger partial charge in [-0.25, -0.2) is 22.0 Å². The van der Waals surface area contributed by atoms with Gasteiger partial charge >= 0.3 is 0 Å². The lowest BCUT2D eigenvalue weighted by molar-refractivity contribution is -0.116. The largest absolute Gasteiger partial charge is 0.492 e. The molecule has 1 amide bonds. The van der Waals surface area contributed by atoms with E-state index < -0.39 is 32.5 Å². The van der Waals surface area contributed by atoms with E-state index in [0.717, 1.165) is 4.31 Å². The summed E-state index contributed by atoms with van der Waals surface area (Å²) in [5.74, 6) is -0.234. The van der Waals surface area contributed by atoms with Crippen molar-refractivity contribution < 1.29 is 26.4 Å². The molecular formula is C18H22ClN3O6S2. The average Bonchev–Trinajstić information content (AvgIpc) is 2.67. The predicted molar refractivity (Wildman–Crippen MR) is 113 cm³/mol. The summed E-state index contributed by atoms with van der Waals surface area (Å²) in [6.45, 7) is 3.36. The first-order valence-electron chi connectivity index (χ1n) is 8.84. The summed E-state index contributed by atoms with van der Waals surface area (Å²) < 4.78 is 54.6. The first-order valence-corrected chi connectivity index (χ1v) is 12.2. The molecule has 2 aromatic rings. The minimum absolute atomic E-state index is 0.0466. The number of amides is 1. The zero-order chi connectivity index (χ0) is 22.5. The van der Waals surface area contributed by atoms with Gasteiger partial charge in [-0.2, -0.15) is 4.31 Å². The number of ether oxygens (including phenoxy) is 1. The third-order valence-corrected chi connectivity index (χ3v) is 7.12. The number of nitrogens with zero attached hydrogens (tertiary/aromatic N) is 1. The Kier molecular flexibility index (Phi) is 7.83. The zero-order valence-corrected chi connectivity index (χ0v) is 18.7. The average molecular weight is 476 g/mol. The Bertz CT molecular complexity index is 1120. The number of anilines is 1. The highest BCUT2D eigenvalue weighted by molar-refractivity contribution is 7.89. The van der Waals surface area contributed by atoms with Crippen molar-refractivity contribution >= 4 is 43.2 Å². The van der Waals surface area contributed by atoms with Gasteiger partial charge in [0.15, 0.2) is 0 Å². The number of halogens is 1. The Labute approximate surface area is 180 Å². The molecule has 0 atom stereocenters. The molecule has 2 rings (SSSR count). The zero-order valence-electron chi connectivity index (χ0n) is 16.3. The molecule has 3 N–H and O–H groups in total.